The van der Waals surface area contributed by atoms with Gasteiger partial charge in [0, 0.05) is 36.2 Å². The lowest BCUT2D eigenvalue weighted by molar-refractivity contribution is -0.118. The number of nitrogens with zero attached hydrogens (tertiary/aromatic N) is 2. The number of carbonyl (C=O) groups excluding carboxylic acids is 2. The number of amides is 3. The Balaban J connectivity index is 1.55. The summed E-state index contributed by atoms with van der Waals surface area (Å²) in [4.78, 5) is 26.1. The van der Waals surface area contributed by atoms with Crippen molar-refractivity contribution < 1.29 is 9.59 Å². The molecule has 1 saturated heterocycles. The van der Waals surface area contributed by atoms with Gasteiger partial charge in [-0.3, -0.25) is 4.79 Å². The number of aryl methyl sites for hydroxylation is 1. The molecule has 6 nitrogen and oxygen atoms in total. The Hall–Kier alpha value is -2.47. The minimum atomic E-state index is -0.516. The Morgan fingerprint density at radius 1 is 1.33 bits per heavy atom. The van der Waals surface area contributed by atoms with Crippen molar-refractivity contribution >= 4 is 29.2 Å². The minimum absolute atomic E-state index is 0.119. The van der Waals surface area contributed by atoms with Gasteiger partial charge in [0.05, 0.1) is 6.54 Å². The van der Waals surface area contributed by atoms with Gasteiger partial charge in [-0.2, -0.15) is 0 Å². The average Bonchev–Trinajstić information content (AvgIpc) is 3.12. The van der Waals surface area contributed by atoms with Gasteiger partial charge in [-0.1, -0.05) is 17.7 Å². The van der Waals surface area contributed by atoms with Gasteiger partial charge in [0.15, 0.2) is 0 Å². The maximum atomic E-state index is 12.5. The number of halogens is 1. The summed E-state index contributed by atoms with van der Waals surface area (Å²) < 4.78 is 1.93. The van der Waals surface area contributed by atoms with Crippen LogP contribution in [0, 0.1) is 0 Å². The smallest absolute Gasteiger partial charge is 0.315 e. The van der Waals surface area contributed by atoms with Crippen LogP contribution in [0.5, 0.6) is 0 Å². The quantitative estimate of drug-likeness (QED) is 0.892. The maximum Gasteiger partial charge on any atom is 0.315 e. The molecule has 1 aromatic carbocycles. The average molecular weight is 347 g/mol. The van der Waals surface area contributed by atoms with E-state index in [9.17, 15) is 9.59 Å². The second-order valence-corrected chi connectivity index (χ2v) is 6.18. The number of hydrogen-bond donors (Lipinski definition) is 2. The topological polar surface area (TPSA) is 66.4 Å². The molecule has 3 rings (SSSR count). The molecule has 7 heteroatoms. The molecule has 0 spiro atoms. The molecule has 1 aliphatic rings. The van der Waals surface area contributed by atoms with Gasteiger partial charge in [0.25, 0.3) is 0 Å². The molecule has 1 aliphatic heterocycles. The van der Waals surface area contributed by atoms with Crippen molar-refractivity contribution in [3.63, 3.8) is 0 Å². The Bertz CT molecular complexity index is 759. The lowest BCUT2D eigenvalue weighted by Gasteiger charge is -2.17. The second-order valence-electron chi connectivity index (χ2n) is 5.75. The van der Waals surface area contributed by atoms with Crippen LogP contribution in [0.1, 0.15) is 12.1 Å². The fourth-order valence-electron chi connectivity index (χ4n) is 2.77. The van der Waals surface area contributed by atoms with E-state index in [4.69, 9.17) is 11.6 Å². The Labute approximate surface area is 145 Å². The number of urea groups is 1. The zero-order chi connectivity index (χ0) is 17.1. The van der Waals surface area contributed by atoms with E-state index in [-0.39, 0.29) is 11.9 Å². The van der Waals surface area contributed by atoms with Crippen LogP contribution in [0.2, 0.25) is 5.02 Å². The first-order valence-corrected chi connectivity index (χ1v) is 8.14. The van der Waals surface area contributed by atoms with Gasteiger partial charge in [-0.05, 0) is 36.8 Å². The summed E-state index contributed by atoms with van der Waals surface area (Å²) in [7, 11) is 1.91. The molecule has 2 N–H and O–H groups in total. The summed E-state index contributed by atoms with van der Waals surface area (Å²) >= 11 is 5.97. The minimum Gasteiger partial charge on any atom is -0.353 e. The highest BCUT2D eigenvalue weighted by Crippen LogP contribution is 2.24. The van der Waals surface area contributed by atoms with Crippen molar-refractivity contribution in [2.75, 3.05) is 11.4 Å². The second kappa shape index (κ2) is 6.97. The van der Waals surface area contributed by atoms with Crippen molar-refractivity contribution in [1.29, 1.82) is 0 Å². The lowest BCUT2D eigenvalue weighted by atomic mass is 10.2. The van der Waals surface area contributed by atoms with E-state index in [0.717, 1.165) is 11.4 Å². The number of anilines is 1. The van der Waals surface area contributed by atoms with Crippen LogP contribution in [0.4, 0.5) is 10.5 Å². The van der Waals surface area contributed by atoms with Crippen LogP contribution in [-0.4, -0.2) is 29.1 Å². The SMILES string of the molecule is Cn1cccc1CNC(=O)NC1CCN(c2cccc(Cl)c2)C1=O. The molecule has 24 heavy (non-hydrogen) atoms. The summed E-state index contributed by atoms with van der Waals surface area (Å²) in [6.07, 6.45) is 2.49. The van der Waals surface area contributed by atoms with E-state index in [2.05, 4.69) is 10.6 Å². The molecule has 0 bridgehead atoms. The van der Waals surface area contributed by atoms with Gasteiger partial charge >= 0.3 is 6.03 Å². The van der Waals surface area contributed by atoms with E-state index in [1.807, 2.05) is 36.0 Å². The zero-order valence-electron chi connectivity index (χ0n) is 13.3. The van der Waals surface area contributed by atoms with Gasteiger partial charge in [0.1, 0.15) is 6.04 Å². The molecule has 0 aliphatic carbocycles. The summed E-state index contributed by atoms with van der Waals surface area (Å²) in [6.45, 7) is 0.968. The van der Waals surface area contributed by atoms with Crippen LogP contribution in [0.25, 0.3) is 0 Å². The largest absolute Gasteiger partial charge is 0.353 e. The van der Waals surface area contributed by atoms with E-state index < -0.39 is 6.04 Å². The lowest BCUT2D eigenvalue weighted by Crippen LogP contribution is -2.46. The van der Waals surface area contributed by atoms with Gasteiger partial charge < -0.3 is 20.1 Å². The first-order valence-electron chi connectivity index (χ1n) is 7.76. The Morgan fingerprint density at radius 2 is 2.17 bits per heavy atom. The molecule has 2 aromatic rings. The van der Waals surface area contributed by atoms with Crippen LogP contribution in [-0.2, 0) is 18.4 Å². The molecule has 0 radical (unpaired) electrons. The summed E-state index contributed by atoms with van der Waals surface area (Å²) in [6, 6.07) is 10.1. The number of nitrogens with one attached hydrogen (secondary N) is 2. The first-order chi connectivity index (χ1) is 11.5. The fourth-order valence-corrected chi connectivity index (χ4v) is 2.96. The monoisotopic (exact) mass is 346 g/mol. The molecular formula is C17H19ClN4O2. The van der Waals surface area contributed by atoms with Crippen molar-refractivity contribution in [2.24, 2.45) is 7.05 Å². The van der Waals surface area contributed by atoms with Crippen LogP contribution >= 0.6 is 11.6 Å². The number of hydrogen-bond acceptors (Lipinski definition) is 2. The predicted molar refractivity (Wildman–Crippen MR) is 93.0 cm³/mol. The molecule has 3 amide bonds. The summed E-state index contributed by atoms with van der Waals surface area (Å²) in [5.41, 5.74) is 1.74. The maximum absolute atomic E-state index is 12.5. The highest BCUT2D eigenvalue weighted by Gasteiger charge is 2.33. The van der Waals surface area contributed by atoms with Crippen molar-refractivity contribution in [1.82, 2.24) is 15.2 Å². The van der Waals surface area contributed by atoms with Gasteiger partial charge in [-0.25, -0.2) is 4.79 Å². The van der Waals surface area contributed by atoms with E-state index in [1.165, 1.54) is 0 Å². The molecule has 1 atom stereocenters. The number of benzene rings is 1. The van der Waals surface area contributed by atoms with E-state index in [1.54, 1.807) is 23.1 Å². The van der Waals surface area contributed by atoms with Crippen LogP contribution in [0.3, 0.4) is 0 Å². The number of carbonyl (C=O) groups is 2. The molecule has 126 valence electrons. The number of aromatic nitrogens is 1. The summed E-state index contributed by atoms with van der Waals surface area (Å²) in [5, 5.41) is 6.10. The molecule has 1 unspecified atom stereocenters. The third-order valence-corrected chi connectivity index (χ3v) is 4.35. The zero-order valence-corrected chi connectivity index (χ0v) is 14.1. The van der Waals surface area contributed by atoms with Crippen molar-refractivity contribution in [2.45, 2.75) is 19.0 Å². The van der Waals surface area contributed by atoms with Crippen LogP contribution in [0.15, 0.2) is 42.6 Å². The fraction of sp³-hybridized carbons (Fsp3) is 0.294. The third kappa shape index (κ3) is 3.54. The Morgan fingerprint density at radius 3 is 2.88 bits per heavy atom. The molecule has 2 heterocycles. The van der Waals surface area contributed by atoms with Crippen molar-refractivity contribution in [3.05, 3.63) is 53.3 Å². The molecule has 1 aromatic heterocycles. The standard InChI is InChI=1S/C17H19ClN4O2/c1-21-8-3-6-14(21)11-19-17(24)20-15-7-9-22(16(15)23)13-5-2-4-12(18)10-13/h2-6,8,10,15H,7,9,11H2,1H3,(H2,19,20,24). The van der Waals surface area contributed by atoms with Gasteiger partial charge in [-0.15, -0.1) is 0 Å². The van der Waals surface area contributed by atoms with Crippen molar-refractivity contribution in [3.8, 4) is 0 Å². The molecule has 1 fully saturated rings. The predicted octanol–water partition coefficient (Wildman–Crippen LogP) is 2.28. The number of rotatable bonds is 4. The normalized spacial score (nSPS) is 17.2. The summed E-state index contributed by atoms with van der Waals surface area (Å²) in [5.74, 6) is -0.119. The van der Waals surface area contributed by atoms with Crippen LogP contribution < -0.4 is 15.5 Å². The Kier molecular flexibility index (Phi) is 4.76. The van der Waals surface area contributed by atoms with E-state index in [0.29, 0.717) is 24.5 Å². The third-order valence-electron chi connectivity index (χ3n) is 4.11. The highest BCUT2D eigenvalue weighted by atomic mass is 35.5. The molecule has 0 saturated carbocycles. The van der Waals surface area contributed by atoms with E-state index >= 15 is 0 Å². The first kappa shape index (κ1) is 16.4. The highest BCUT2D eigenvalue weighted by molar-refractivity contribution is 6.31. The van der Waals surface area contributed by atoms with Gasteiger partial charge in [0.2, 0.25) is 5.91 Å². The molecular weight excluding hydrogens is 328 g/mol.